The molecule has 0 N–H and O–H groups in total. The number of rotatable bonds is 0. The van der Waals surface area contributed by atoms with Crippen molar-refractivity contribution in [1.82, 2.24) is 0 Å². The summed E-state index contributed by atoms with van der Waals surface area (Å²) in [6.45, 7) is 2.14. The second-order valence-corrected chi connectivity index (χ2v) is 4.87. The molecule has 0 aliphatic rings. The molecular formula is C9H7BrS. The number of hydrogen-bond acceptors (Lipinski definition) is 1. The van der Waals surface area contributed by atoms with Crippen LogP contribution in [-0.2, 0) is 0 Å². The molecule has 0 saturated heterocycles. The van der Waals surface area contributed by atoms with Crippen molar-refractivity contribution < 1.29 is 0 Å². The molecule has 0 amide bonds. The molecular weight excluding hydrogens is 220 g/mol. The molecule has 0 fully saturated rings. The number of thiophene rings is 1. The highest BCUT2D eigenvalue weighted by Crippen LogP contribution is 2.34. The molecule has 1 heterocycles. The minimum Gasteiger partial charge on any atom is -0.128 e. The normalized spacial score (nSPS) is 10.7. The Bertz CT molecular complexity index is 389. The first-order chi connectivity index (χ1) is 5.29. The fourth-order valence-electron chi connectivity index (χ4n) is 1.14. The Hall–Kier alpha value is -0.340. The molecule has 0 saturated carbocycles. The predicted molar refractivity (Wildman–Crippen MR) is 54.3 cm³/mol. The third kappa shape index (κ3) is 1.10. The number of fused-ring (bicyclic) bond motifs is 1. The van der Waals surface area contributed by atoms with Crippen molar-refractivity contribution in [3.05, 3.63) is 33.6 Å². The summed E-state index contributed by atoms with van der Waals surface area (Å²) < 4.78 is 2.61. The minimum absolute atomic E-state index is 1.25. The number of aryl methyl sites for hydroxylation is 1. The summed E-state index contributed by atoms with van der Waals surface area (Å²) in [4.78, 5) is 0. The molecule has 0 radical (unpaired) electrons. The number of halogens is 1. The monoisotopic (exact) mass is 226 g/mol. The third-order valence-electron chi connectivity index (χ3n) is 1.79. The SMILES string of the molecule is Cc1c(Br)sc2ccccc12. The van der Waals surface area contributed by atoms with Gasteiger partial charge in [-0.25, -0.2) is 0 Å². The van der Waals surface area contributed by atoms with Gasteiger partial charge < -0.3 is 0 Å². The van der Waals surface area contributed by atoms with Gasteiger partial charge in [-0.1, -0.05) is 18.2 Å². The molecule has 2 aromatic rings. The minimum atomic E-state index is 1.25. The van der Waals surface area contributed by atoms with Crippen LogP contribution in [-0.4, -0.2) is 0 Å². The first kappa shape index (κ1) is 7.32. The Labute approximate surface area is 78.0 Å². The van der Waals surface area contributed by atoms with Gasteiger partial charge in [0.2, 0.25) is 0 Å². The maximum atomic E-state index is 3.53. The first-order valence-electron chi connectivity index (χ1n) is 3.42. The van der Waals surface area contributed by atoms with Crippen molar-refractivity contribution in [2.75, 3.05) is 0 Å². The van der Waals surface area contributed by atoms with E-state index in [1.807, 2.05) is 0 Å². The second kappa shape index (κ2) is 2.61. The zero-order valence-corrected chi connectivity index (χ0v) is 8.50. The number of hydrogen-bond donors (Lipinski definition) is 0. The predicted octanol–water partition coefficient (Wildman–Crippen LogP) is 3.97. The van der Waals surface area contributed by atoms with Gasteiger partial charge in [0.05, 0.1) is 3.79 Å². The molecule has 0 unspecified atom stereocenters. The summed E-state index contributed by atoms with van der Waals surface area (Å²) in [5.74, 6) is 0. The highest BCUT2D eigenvalue weighted by atomic mass is 79.9. The Morgan fingerprint density at radius 2 is 2.00 bits per heavy atom. The van der Waals surface area contributed by atoms with E-state index in [4.69, 9.17) is 0 Å². The highest BCUT2D eigenvalue weighted by molar-refractivity contribution is 9.11. The molecule has 0 aliphatic heterocycles. The fraction of sp³-hybridized carbons (Fsp3) is 0.111. The maximum absolute atomic E-state index is 3.53. The van der Waals surface area contributed by atoms with Gasteiger partial charge >= 0.3 is 0 Å². The zero-order chi connectivity index (χ0) is 7.84. The topological polar surface area (TPSA) is 0 Å². The van der Waals surface area contributed by atoms with E-state index in [1.54, 1.807) is 11.3 Å². The lowest BCUT2D eigenvalue weighted by Gasteiger charge is -1.87. The van der Waals surface area contributed by atoms with Gasteiger partial charge in [0.15, 0.2) is 0 Å². The molecule has 0 bridgehead atoms. The fourth-order valence-corrected chi connectivity index (χ4v) is 2.81. The highest BCUT2D eigenvalue weighted by Gasteiger charge is 2.03. The van der Waals surface area contributed by atoms with Crippen LogP contribution in [0.2, 0.25) is 0 Å². The summed E-state index contributed by atoms with van der Waals surface area (Å²) in [5.41, 5.74) is 1.35. The van der Waals surface area contributed by atoms with Gasteiger partial charge in [-0.3, -0.25) is 0 Å². The summed E-state index contributed by atoms with van der Waals surface area (Å²) in [5, 5.41) is 1.37. The summed E-state index contributed by atoms with van der Waals surface area (Å²) in [7, 11) is 0. The van der Waals surface area contributed by atoms with Crippen LogP contribution in [0.25, 0.3) is 10.1 Å². The Balaban J connectivity index is 2.92. The van der Waals surface area contributed by atoms with Crippen LogP contribution in [0.3, 0.4) is 0 Å². The molecule has 11 heavy (non-hydrogen) atoms. The van der Waals surface area contributed by atoms with Gasteiger partial charge in [-0.15, -0.1) is 11.3 Å². The van der Waals surface area contributed by atoms with Crippen molar-refractivity contribution in [2.24, 2.45) is 0 Å². The molecule has 2 rings (SSSR count). The summed E-state index contributed by atoms with van der Waals surface area (Å²) in [6.07, 6.45) is 0. The summed E-state index contributed by atoms with van der Waals surface area (Å²) >= 11 is 5.32. The van der Waals surface area contributed by atoms with E-state index in [2.05, 4.69) is 47.1 Å². The average molecular weight is 227 g/mol. The van der Waals surface area contributed by atoms with Gasteiger partial charge in [-0.05, 0) is 39.9 Å². The lowest BCUT2D eigenvalue weighted by atomic mass is 10.2. The van der Waals surface area contributed by atoms with E-state index >= 15 is 0 Å². The standard InChI is InChI=1S/C9H7BrS/c1-6-7-4-2-3-5-8(7)11-9(6)10/h2-5H,1H3. The number of benzene rings is 1. The van der Waals surface area contributed by atoms with Crippen molar-refractivity contribution >= 4 is 37.4 Å². The van der Waals surface area contributed by atoms with Crippen LogP contribution in [0.1, 0.15) is 5.56 Å². The lowest BCUT2D eigenvalue weighted by Crippen LogP contribution is -1.65. The lowest BCUT2D eigenvalue weighted by molar-refractivity contribution is 1.57. The van der Waals surface area contributed by atoms with Crippen LogP contribution in [0, 0.1) is 6.92 Å². The molecule has 1 aromatic heterocycles. The molecule has 0 spiro atoms. The first-order valence-corrected chi connectivity index (χ1v) is 5.03. The van der Waals surface area contributed by atoms with Gasteiger partial charge in [0.25, 0.3) is 0 Å². The Morgan fingerprint density at radius 1 is 1.27 bits per heavy atom. The zero-order valence-electron chi connectivity index (χ0n) is 6.10. The van der Waals surface area contributed by atoms with E-state index in [0.29, 0.717) is 0 Å². The van der Waals surface area contributed by atoms with Crippen LogP contribution >= 0.6 is 27.3 Å². The van der Waals surface area contributed by atoms with E-state index < -0.39 is 0 Å². The molecule has 56 valence electrons. The van der Waals surface area contributed by atoms with Crippen LogP contribution < -0.4 is 0 Å². The molecule has 0 aliphatic carbocycles. The molecule has 1 aromatic carbocycles. The smallest absolute Gasteiger partial charge is 0.0740 e. The van der Waals surface area contributed by atoms with E-state index in [1.165, 1.54) is 19.4 Å². The Kier molecular flexibility index (Phi) is 1.74. The van der Waals surface area contributed by atoms with Crippen LogP contribution in [0.15, 0.2) is 28.1 Å². The Morgan fingerprint density at radius 3 is 2.73 bits per heavy atom. The van der Waals surface area contributed by atoms with Gasteiger partial charge in [0, 0.05) is 4.70 Å². The van der Waals surface area contributed by atoms with Crippen LogP contribution in [0.5, 0.6) is 0 Å². The average Bonchev–Trinajstić information content (AvgIpc) is 2.30. The van der Waals surface area contributed by atoms with E-state index in [0.717, 1.165) is 0 Å². The van der Waals surface area contributed by atoms with Crippen LogP contribution in [0.4, 0.5) is 0 Å². The van der Waals surface area contributed by atoms with E-state index in [-0.39, 0.29) is 0 Å². The van der Waals surface area contributed by atoms with E-state index in [9.17, 15) is 0 Å². The maximum Gasteiger partial charge on any atom is 0.0740 e. The quantitative estimate of drug-likeness (QED) is 0.638. The third-order valence-corrected chi connectivity index (χ3v) is 3.93. The molecule has 2 heteroatoms. The van der Waals surface area contributed by atoms with Gasteiger partial charge in [0.1, 0.15) is 0 Å². The molecule has 0 nitrogen and oxygen atoms in total. The van der Waals surface area contributed by atoms with Crippen molar-refractivity contribution in [2.45, 2.75) is 6.92 Å². The summed E-state index contributed by atoms with van der Waals surface area (Å²) in [6, 6.07) is 8.46. The van der Waals surface area contributed by atoms with Crippen molar-refractivity contribution in [3.63, 3.8) is 0 Å². The molecule has 0 atom stereocenters. The second-order valence-electron chi connectivity index (χ2n) is 2.50. The van der Waals surface area contributed by atoms with Crippen molar-refractivity contribution in [1.29, 1.82) is 0 Å². The van der Waals surface area contributed by atoms with Crippen molar-refractivity contribution in [3.8, 4) is 0 Å². The largest absolute Gasteiger partial charge is 0.128 e. The van der Waals surface area contributed by atoms with Gasteiger partial charge in [-0.2, -0.15) is 0 Å².